The van der Waals surface area contributed by atoms with Crippen molar-refractivity contribution in [2.24, 2.45) is 5.11 Å². The molecule has 0 unspecified atom stereocenters. The zero-order chi connectivity index (χ0) is 11.8. The van der Waals surface area contributed by atoms with Gasteiger partial charge in [0, 0.05) is 29.0 Å². The topological polar surface area (TPSA) is 65.8 Å². The maximum absolute atomic E-state index is 12.8. The van der Waals surface area contributed by atoms with Crippen molar-refractivity contribution < 1.29 is 9.18 Å². The third kappa shape index (κ3) is 3.45. The van der Waals surface area contributed by atoms with E-state index in [0.717, 1.165) is 6.07 Å². The monoisotopic (exact) mass is 217 g/mol. The molecule has 0 aromatic heterocycles. The minimum absolute atomic E-state index is 0.219. The van der Waals surface area contributed by atoms with Crippen molar-refractivity contribution in [3.8, 4) is 11.8 Å². The minimum Gasteiger partial charge on any atom is -0.298 e. The van der Waals surface area contributed by atoms with E-state index in [-0.39, 0.29) is 12.1 Å². The number of carbonyl (C=O) groups is 1. The lowest BCUT2D eigenvalue weighted by molar-refractivity contribution is 0.112. The van der Waals surface area contributed by atoms with E-state index in [2.05, 4.69) is 21.9 Å². The van der Waals surface area contributed by atoms with Crippen molar-refractivity contribution >= 4 is 6.29 Å². The van der Waals surface area contributed by atoms with Crippen molar-refractivity contribution in [1.82, 2.24) is 0 Å². The second-order valence-corrected chi connectivity index (χ2v) is 2.86. The van der Waals surface area contributed by atoms with Crippen molar-refractivity contribution in [3.63, 3.8) is 0 Å². The number of rotatable bonds is 3. The second kappa shape index (κ2) is 6.23. The van der Waals surface area contributed by atoms with E-state index in [9.17, 15) is 9.18 Å². The summed E-state index contributed by atoms with van der Waals surface area (Å²) < 4.78 is 12.8. The highest BCUT2D eigenvalue weighted by molar-refractivity contribution is 5.79. The normalized spacial score (nSPS) is 8.56. The van der Waals surface area contributed by atoms with Gasteiger partial charge in [-0.1, -0.05) is 17.0 Å². The molecule has 0 aliphatic heterocycles. The highest BCUT2D eigenvalue weighted by Gasteiger charge is 1.99. The van der Waals surface area contributed by atoms with Gasteiger partial charge in [-0.3, -0.25) is 4.79 Å². The first-order chi connectivity index (χ1) is 7.77. The molecule has 0 fully saturated rings. The molecular weight excluding hydrogens is 209 g/mol. The summed E-state index contributed by atoms with van der Waals surface area (Å²) in [6.45, 7) is 0.279. The molecule has 1 aromatic rings. The predicted molar refractivity (Wildman–Crippen MR) is 57.3 cm³/mol. The van der Waals surface area contributed by atoms with Crippen LogP contribution in [-0.4, -0.2) is 12.8 Å². The summed E-state index contributed by atoms with van der Waals surface area (Å²) in [7, 11) is 0. The molecule has 0 saturated carbocycles. The molecule has 5 heteroatoms. The number of benzene rings is 1. The molecule has 0 spiro atoms. The van der Waals surface area contributed by atoms with Crippen LogP contribution in [0.4, 0.5) is 4.39 Å². The highest BCUT2D eigenvalue weighted by Crippen LogP contribution is 2.07. The lowest BCUT2D eigenvalue weighted by Crippen LogP contribution is -1.88. The van der Waals surface area contributed by atoms with Crippen molar-refractivity contribution in [2.45, 2.75) is 6.42 Å². The quantitative estimate of drug-likeness (QED) is 0.192. The fraction of sp³-hybridized carbons (Fsp3) is 0.182. The zero-order valence-corrected chi connectivity index (χ0v) is 8.35. The number of hydrogen-bond donors (Lipinski definition) is 0. The van der Waals surface area contributed by atoms with Crippen LogP contribution >= 0.6 is 0 Å². The largest absolute Gasteiger partial charge is 0.298 e. The molecule has 16 heavy (non-hydrogen) atoms. The fourth-order valence-corrected chi connectivity index (χ4v) is 1.05. The summed E-state index contributed by atoms with van der Waals surface area (Å²) in [6, 6.07) is 3.81. The van der Waals surface area contributed by atoms with Crippen LogP contribution < -0.4 is 0 Å². The van der Waals surface area contributed by atoms with E-state index in [1.165, 1.54) is 12.1 Å². The van der Waals surface area contributed by atoms with Crippen molar-refractivity contribution in [2.75, 3.05) is 6.54 Å². The maximum Gasteiger partial charge on any atom is 0.151 e. The standard InChI is InChI=1S/C11H8FN3O/c12-11-5-4-9(10(7-11)8-16)3-1-2-6-14-15-13/h4-5,7-8H,2,6H2. The van der Waals surface area contributed by atoms with Gasteiger partial charge < -0.3 is 0 Å². The van der Waals surface area contributed by atoms with Crippen LogP contribution in [0.2, 0.25) is 0 Å². The van der Waals surface area contributed by atoms with Gasteiger partial charge in [0.25, 0.3) is 0 Å². The van der Waals surface area contributed by atoms with Crippen molar-refractivity contribution in [3.05, 3.63) is 45.6 Å². The van der Waals surface area contributed by atoms with E-state index < -0.39 is 5.82 Å². The first-order valence-electron chi connectivity index (χ1n) is 4.52. The molecule has 0 atom stereocenters. The Hall–Kier alpha value is -2.31. The molecule has 0 aliphatic rings. The zero-order valence-electron chi connectivity index (χ0n) is 8.35. The van der Waals surface area contributed by atoms with E-state index in [0.29, 0.717) is 18.3 Å². The minimum atomic E-state index is -0.471. The van der Waals surface area contributed by atoms with Gasteiger partial charge in [-0.15, -0.1) is 0 Å². The van der Waals surface area contributed by atoms with Gasteiger partial charge in [-0.05, 0) is 23.7 Å². The molecule has 0 radical (unpaired) electrons. The molecule has 0 saturated heterocycles. The summed E-state index contributed by atoms with van der Waals surface area (Å²) >= 11 is 0. The van der Waals surface area contributed by atoms with Gasteiger partial charge in [0.2, 0.25) is 0 Å². The molecule has 0 aliphatic carbocycles. The van der Waals surface area contributed by atoms with E-state index in [4.69, 9.17) is 5.53 Å². The Morgan fingerprint density at radius 2 is 2.38 bits per heavy atom. The maximum atomic E-state index is 12.8. The Labute approximate surface area is 91.7 Å². The van der Waals surface area contributed by atoms with Crippen LogP contribution in [0.5, 0.6) is 0 Å². The van der Waals surface area contributed by atoms with E-state index >= 15 is 0 Å². The molecule has 1 rings (SSSR count). The lowest BCUT2D eigenvalue weighted by atomic mass is 10.1. The predicted octanol–water partition coefficient (Wildman–Crippen LogP) is 2.69. The smallest absolute Gasteiger partial charge is 0.151 e. The summed E-state index contributed by atoms with van der Waals surface area (Å²) in [5.41, 5.74) is 8.71. The summed E-state index contributed by atoms with van der Waals surface area (Å²) in [5, 5.41) is 3.31. The molecule has 1 aromatic carbocycles. The van der Waals surface area contributed by atoms with E-state index in [1.54, 1.807) is 0 Å². The number of carbonyl (C=O) groups excluding carboxylic acids is 1. The fourth-order valence-electron chi connectivity index (χ4n) is 1.05. The van der Waals surface area contributed by atoms with Gasteiger partial charge in [0.05, 0.1) is 0 Å². The highest BCUT2D eigenvalue weighted by atomic mass is 19.1. The van der Waals surface area contributed by atoms with Crippen LogP contribution in [0, 0.1) is 17.7 Å². The first-order valence-corrected chi connectivity index (χ1v) is 4.52. The van der Waals surface area contributed by atoms with Crippen LogP contribution in [-0.2, 0) is 0 Å². The molecule has 4 nitrogen and oxygen atoms in total. The number of nitrogens with zero attached hydrogens (tertiary/aromatic N) is 3. The Kier molecular flexibility index (Phi) is 4.58. The molecule has 80 valence electrons. The lowest BCUT2D eigenvalue weighted by Gasteiger charge is -1.95. The van der Waals surface area contributed by atoms with Crippen LogP contribution in [0.25, 0.3) is 10.4 Å². The Balaban J connectivity index is 2.79. The SMILES string of the molecule is [N-]=[N+]=NCCC#Cc1ccc(F)cc1C=O. The van der Waals surface area contributed by atoms with Gasteiger partial charge in [0.15, 0.2) is 6.29 Å². The molecule has 0 amide bonds. The Bertz CT molecular complexity index is 496. The summed E-state index contributed by atoms with van der Waals surface area (Å²) in [5.74, 6) is 4.98. The molecule has 0 N–H and O–H groups in total. The molecule has 0 bridgehead atoms. The number of aldehydes is 1. The van der Waals surface area contributed by atoms with Crippen LogP contribution in [0.1, 0.15) is 22.3 Å². The van der Waals surface area contributed by atoms with Gasteiger partial charge in [-0.2, -0.15) is 0 Å². The first kappa shape index (κ1) is 11.8. The number of hydrogen-bond acceptors (Lipinski definition) is 2. The molecule has 0 heterocycles. The number of azide groups is 1. The third-order valence-corrected chi connectivity index (χ3v) is 1.76. The average molecular weight is 217 g/mol. The molecular formula is C11H8FN3O. The number of halogens is 1. The summed E-state index contributed by atoms with van der Waals surface area (Å²) in [6.07, 6.45) is 0.959. The second-order valence-electron chi connectivity index (χ2n) is 2.86. The van der Waals surface area contributed by atoms with E-state index in [1.807, 2.05) is 0 Å². The van der Waals surface area contributed by atoms with Gasteiger partial charge in [0.1, 0.15) is 5.82 Å². The van der Waals surface area contributed by atoms with Crippen LogP contribution in [0.3, 0.4) is 0 Å². The third-order valence-electron chi connectivity index (χ3n) is 1.76. The average Bonchev–Trinajstić information content (AvgIpc) is 2.30. The summed E-state index contributed by atoms with van der Waals surface area (Å²) in [4.78, 5) is 13.2. The van der Waals surface area contributed by atoms with Gasteiger partial charge in [-0.25, -0.2) is 4.39 Å². The Morgan fingerprint density at radius 1 is 1.56 bits per heavy atom. The van der Waals surface area contributed by atoms with Crippen LogP contribution in [0.15, 0.2) is 23.3 Å². The van der Waals surface area contributed by atoms with Crippen molar-refractivity contribution in [1.29, 1.82) is 0 Å². The van der Waals surface area contributed by atoms with Gasteiger partial charge >= 0.3 is 0 Å². The Morgan fingerprint density at radius 3 is 3.06 bits per heavy atom.